The number of nitrogens with zero attached hydrogens (tertiary/aromatic N) is 4. The first kappa shape index (κ1) is 26.4. The summed E-state index contributed by atoms with van der Waals surface area (Å²) in [4.78, 5) is 33.5. The van der Waals surface area contributed by atoms with Crippen molar-refractivity contribution in [1.82, 2.24) is 24.9 Å². The number of rotatable bonds is 8. The number of pyridine rings is 1. The Morgan fingerprint density at radius 1 is 0.805 bits per heavy atom. The fourth-order valence-corrected chi connectivity index (χ4v) is 4.91. The molecule has 0 bridgehead atoms. The van der Waals surface area contributed by atoms with Gasteiger partial charge < -0.3 is 26.6 Å². The summed E-state index contributed by atoms with van der Waals surface area (Å²) in [5, 5.41) is 19.6. The molecule has 2 fully saturated rings. The van der Waals surface area contributed by atoms with E-state index in [1.54, 1.807) is 12.1 Å². The molecule has 0 aliphatic heterocycles. The topological polar surface area (TPSA) is 137 Å². The van der Waals surface area contributed by atoms with Gasteiger partial charge in [0.1, 0.15) is 11.6 Å². The molecular weight excluding hydrogens is 532 g/mol. The minimum absolute atomic E-state index is 0.0125. The minimum atomic E-state index is -0.643. The molecule has 3 heterocycles. The molecule has 13 heteroatoms. The largest absolute Gasteiger partial charge is 0.379 e. The van der Waals surface area contributed by atoms with E-state index in [-0.39, 0.29) is 29.2 Å². The van der Waals surface area contributed by atoms with Gasteiger partial charge in [-0.25, -0.2) is 23.1 Å². The molecule has 0 spiro atoms. The number of hydrogen-bond donors (Lipinski definition) is 5. The predicted octanol–water partition coefficient (Wildman–Crippen LogP) is 4.77. The van der Waals surface area contributed by atoms with Crippen LogP contribution in [-0.2, 0) is 0 Å². The number of urea groups is 1. The molecule has 5 N–H and O–H groups in total. The van der Waals surface area contributed by atoms with Gasteiger partial charge in [0.2, 0.25) is 0 Å². The van der Waals surface area contributed by atoms with Crippen LogP contribution in [0.25, 0.3) is 5.65 Å². The third kappa shape index (κ3) is 6.18. The fraction of sp³-hybridized carbons (Fsp3) is 0.321. The smallest absolute Gasteiger partial charge is 0.319 e. The Morgan fingerprint density at radius 3 is 2.27 bits per heavy atom. The quantitative estimate of drug-likeness (QED) is 0.209. The normalized spacial score (nSPS) is 18.5. The molecule has 4 aromatic rings. The number of imidazole rings is 1. The van der Waals surface area contributed by atoms with E-state index in [0.29, 0.717) is 17.5 Å². The van der Waals surface area contributed by atoms with Crippen molar-refractivity contribution >= 4 is 40.5 Å². The van der Waals surface area contributed by atoms with Crippen molar-refractivity contribution in [3.8, 4) is 0 Å². The number of carbonyl (C=O) groups excluding carboxylic acids is 2. The van der Waals surface area contributed by atoms with E-state index in [9.17, 15) is 18.4 Å². The van der Waals surface area contributed by atoms with Crippen molar-refractivity contribution in [3.05, 3.63) is 72.3 Å². The van der Waals surface area contributed by atoms with Crippen LogP contribution >= 0.6 is 0 Å². The van der Waals surface area contributed by atoms with Crippen LogP contribution in [0.1, 0.15) is 49.0 Å². The lowest BCUT2D eigenvalue weighted by Gasteiger charge is -2.30. The number of carbonyl (C=O) groups is 2. The van der Waals surface area contributed by atoms with Crippen LogP contribution in [0.15, 0.2) is 55.0 Å². The van der Waals surface area contributed by atoms with Gasteiger partial charge in [-0.05, 0) is 56.7 Å². The Balaban J connectivity index is 1.13. The standard InChI is InChI=1S/C28H29F2N9O2/c29-19-3-1-2-4-21(19)37-28(41)35-18-9-7-17(8-10-18)34-25-13-23(33-16-5-6-16)26-32-15-24(39(26)38-25)27(40)36-22-11-12-31-14-20(22)30/h1-4,11-18,33H,5-10H2,(H,34,38)(H,31,36,40)(H2,35,37,41)/t17-,18-. The van der Waals surface area contributed by atoms with Gasteiger partial charge in [0.15, 0.2) is 17.2 Å². The number of nitrogens with one attached hydrogen (secondary N) is 5. The van der Waals surface area contributed by atoms with E-state index in [4.69, 9.17) is 0 Å². The molecule has 0 radical (unpaired) electrons. The van der Waals surface area contributed by atoms with Crippen LogP contribution in [0.2, 0.25) is 0 Å². The average molecular weight is 562 g/mol. The Labute approximate surface area is 234 Å². The van der Waals surface area contributed by atoms with Gasteiger partial charge in [-0.2, -0.15) is 0 Å². The average Bonchev–Trinajstić information content (AvgIpc) is 3.67. The van der Waals surface area contributed by atoms with Crippen molar-refractivity contribution in [1.29, 1.82) is 0 Å². The summed E-state index contributed by atoms with van der Waals surface area (Å²) in [6.45, 7) is 0. The molecule has 0 saturated heterocycles. The van der Waals surface area contributed by atoms with Gasteiger partial charge >= 0.3 is 6.03 Å². The molecule has 212 valence electrons. The summed E-state index contributed by atoms with van der Waals surface area (Å²) in [5.41, 5.74) is 1.55. The Hall–Kier alpha value is -4.81. The van der Waals surface area contributed by atoms with Gasteiger partial charge in [0, 0.05) is 30.4 Å². The highest BCUT2D eigenvalue weighted by atomic mass is 19.1. The Bertz CT molecular complexity index is 1580. The number of aromatic nitrogens is 4. The van der Waals surface area contributed by atoms with Crippen LogP contribution in [0.3, 0.4) is 0 Å². The lowest BCUT2D eigenvalue weighted by atomic mass is 9.91. The van der Waals surface area contributed by atoms with Crippen LogP contribution in [0.5, 0.6) is 0 Å². The van der Waals surface area contributed by atoms with Crippen molar-refractivity contribution in [3.63, 3.8) is 0 Å². The highest BCUT2D eigenvalue weighted by Crippen LogP contribution is 2.30. The molecule has 3 amide bonds. The van der Waals surface area contributed by atoms with Crippen molar-refractivity contribution < 1.29 is 18.4 Å². The van der Waals surface area contributed by atoms with Gasteiger partial charge in [0.25, 0.3) is 5.91 Å². The van der Waals surface area contributed by atoms with E-state index in [1.807, 2.05) is 6.07 Å². The van der Waals surface area contributed by atoms with E-state index >= 15 is 0 Å². The summed E-state index contributed by atoms with van der Waals surface area (Å²) in [6.07, 6.45) is 8.95. The van der Waals surface area contributed by atoms with E-state index in [0.717, 1.165) is 50.4 Å². The zero-order valence-corrected chi connectivity index (χ0v) is 22.0. The van der Waals surface area contributed by atoms with Crippen molar-refractivity contribution in [2.24, 2.45) is 0 Å². The monoisotopic (exact) mass is 561 g/mol. The maximum absolute atomic E-state index is 14.1. The zero-order chi connectivity index (χ0) is 28.3. The second kappa shape index (κ2) is 11.4. The zero-order valence-electron chi connectivity index (χ0n) is 22.0. The molecule has 11 nitrogen and oxygen atoms in total. The van der Waals surface area contributed by atoms with Gasteiger partial charge in [-0.1, -0.05) is 12.1 Å². The number of benzene rings is 1. The highest BCUT2D eigenvalue weighted by Gasteiger charge is 2.26. The van der Waals surface area contributed by atoms with Crippen molar-refractivity contribution in [2.45, 2.75) is 56.7 Å². The van der Waals surface area contributed by atoms with Crippen LogP contribution in [0, 0.1) is 11.6 Å². The first-order valence-corrected chi connectivity index (χ1v) is 13.6. The predicted molar refractivity (Wildman–Crippen MR) is 150 cm³/mol. The van der Waals surface area contributed by atoms with Gasteiger partial charge in [-0.3, -0.25) is 9.78 Å². The second-order valence-corrected chi connectivity index (χ2v) is 10.3. The number of anilines is 4. The van der Waals surface area contributed by atoms with Crippen molar-refractivity contribution in [2.75, 3.05) is 21.3 Å². The number of amides is 3. The van der Waals surface area contributed by atoms with Crippen LogP contribution in [-0.4, -0.2) is 49.6 Å². The Kier molecular flexibility index (Phi) is 7.32. The molecule has 3 aromatic heterocycles. The van der Waals surface area contributed by atoms with Crippen LogP contribution in [0.4, 0.5) is 36.5 Å². The molecule has 2 saturated carbocycles. The Morgan fingerprint density at radius 2 is 1.51 bits per heavy atom. The lowest BCUT2D eigenvalue weighted by molar-refractivity contribution is 0.102. The first-order valence-electron chi connectivity index (χ1n) is 13.6. The maximum Gasteiger partial charge on any atom is 0.319 e. The number of halogens is 2. The van der Waals surface area contributed by atoms with Crippen LogP contribution < -0.4 is 26.6 Å². The third-order valence-corrected chi connectivity index (χ3v) is 7.19. The molecule has 41 heavy (non-hydrogen) atoms. The molecule has 0 unspecified atom stereocenters. The van der Waals surface area contributed by atoms with E-state index in [1.165, 1.54) is 35.1 Å². The molecule has 2 aliphatic carbocycles. The molecule has 2 aliphatic rings. The summed E-state index contributed by atoms with van der Waals surface area (Å²) in [5.74, 6) is -1.11. The highest BCUT2D eigenvalue weighted by molar-refractivity contribution is 6.03. The fourth-order valence-electron chi connectivity index (χ4n) is 4.91. The number of para-hydroxylation sites is 1. The molecular formula is C28H29F2N9O2. The third-order valence-electron chi connectivity index (χ3n) is 7.19. The minimum Gasteiger partial charge on any atom is -0.379 e. The maximum atomic E-state index is 14.1. The summed E-state index contributed by atoms with van der Waals surface area (Å²) < 4.78 is 29.4. The molecule has 0 atom stereocenters. The lowest BCUT2D eigenvalue weighted by Crippen LogP contribution is -2.42. The number of fused-ring (bicyclic) bond motifs is 1. The first-order chi connectivity index (χ1) is 19.9. The second-order valence-electron chi connectivity index (χ2n) is 10.3. The summed E-state index contributed by atoms with van der Waals surface area (Å²) in [6, 6.07) is 9.25. The molecule has 6 rings (SSSR count). The number of hydrogen-bond acceptors (Lipinski definition) is 7. The summed E-state index contributed by atoms with van der Waals surface area (Å²) in [7, 11) is 0. The van der Waals surface area contributed by atoms with Gasteiger partial charge in [-0.15, -0.1) is 5.10 Å². The molecule has 1 aromatic carbocycles. The summed E-state index contributed by atoms with van der Waals surface area (Å²) >= 11 is 0. The van der Waals surface area contributed by atoms with E-state index in [2.05, 4.69) is 41.7 Å². The van der Waals surface area contributed by atoms with Gasteiger partial charge in [0.05, 0.1) is 29.5 Å². The SMILES string of the molecule is O=C(Nc1ccccc1F)N[C@H]1CC[C@H](Nc2cc(NC3CC3)c3ncc(C(=O)Nc4ccncc4F)n3n2)CC1. The van der Waals surface area contributed by atoms with E-state index < -0.39 is 23.6 Å².